The largest absolute Gasteiger partial charge is 0.481 e. The number of carboxylic acids is 6. The van der Waals surface area contributed by atoms with E-state index in [1.165, 1.54) is 0 Å². The van der Waals surface area contributed by atoms with Gasteiger partial charge in [0.1, 0.15) is 12.1 Å². The molecule has 0 bridgehead atoms. The maximum Gasteiger partial charge on any atom is 0.326 e. The molecule has 0 unspecified atom stereocenters. The van der Waals surface area contributed by atoms with Gasteiger partial charge in [-0.05, 0) is 61.1 Å². The highest BCUT2D eigenvalue weighted by molar-refractivity contribution is 5.95. The average molecular weight is 972 g/mol. The van der Waals surface area contributed by atoms with E-state index in [0.29, 0.717) is 41.8 Å². The molecule has 1 heterocycles. The first-order valence-corrected chi connectivity index (χ1v) is 22.1. The van der Waals surface area contributed by atoms with Crippen LogP contribution in [0.5, 0.6) is 0 Å². The van der Waals surface area contributed by atoms with Crippen molar-refractivity contribution >= 4 is 59.6 Å². The van der Waals surface area contributed by atoms with E-state index in [0.717, 1.165) is 0 Å². The Hall–Kier alpha value is -7.22. The molecule has 1 aliphatic heterocycles. The highest BCUT2D eigenvalue weighted by Crippen LogP contribution is 2.09. The van der Waals surface area contributed by atoms with E-state index in [2.05, 4.69) is 26.6 Å². The number of unbranched alkanes of at least 4 members (excludes halogenated alkanes) is 1. The normalized spacial score (nSPS) is 15.2. The first-order valence-electron chi connectivity index (χ1n) is 22.1. The number of urea groups is 1. The molecule has 1 aliphatic rings. The number of carboxylic acid groups (broad SMARTS) is 6. The fourth-order valence-corrected chi connectivity index (χ4v) is 7.00. The molecule has 11 N–H and O–H groups in total. The number of benzene rings is 2. The van der Waals surface area contributed by atoms with E-state index in [1.54, 1.807) is 63.2 Å². The fraction of sp³-hybridized carbons (Fsp3) is 0.500. The van der Waals surface area contributed by atoms with E-state index in [1.807, 2.05) is 4.90 Å². The molecule has 378 valence electrons. The predicted molar refractivity (Wildman–Crippen MR) is 242 cm³/mol. The third-order valence-corrected chi connectivity index (χ3v) is 10.8. The minimum Gasteiger partial charge on any atom is -0.481 e. The number of amides is 5. The van der Waals surface area contributed by atoms with Gasteiger partial charge < -0.3 is 57.2 Å². The molecule has 25 heteroatoms. The number of carbonyl (C=O) groups is 10. The highest BCUT2D eigenvalue weighted by atomic mass is 16.4. The van der Waals surface area contributed by atoms with Crippen LogP contribution in [-0.2, 0) is 46.7 Å². The van der Waals surface area contributed by atoms with Gasteiger partial charge >= 0.3 is 41.8 Å². The number of hydrogen-bond acceptors (Lipinski definition) is 14. The minimum absolute atomic E-state index is 0.0316. The summed E-state index contributed by atoms with van der Waals surface area (Å²) in [5.41, 5.74) is 2.11. The molecular weight excluding hydrogens is 911 g/mol. The van der Waals surface area contributed by atoms with Crippen molar-refractivity contribution in [3.8, 4) is 0 Å². The topological polar surface area (TPSA) is 365 Å². The van der Waals surface area contributed by atoms with Crippen LogP contribution in [0.3, 0.4) is 0 Å². The van der Waals surface area contributed by atoms with Crippen LogP contribution in [0.2, 0.25) is 0 Å². The van der Waals surface area contributed by atoms with Gasteiger partial charge in [0.2, 0.25) is 5.91 Å². The van der Waals surface area contributed by atoms with Crippen LogP contribution in [0.1, 0.15) is 63.9 Å². The number of nitrogens with one attached hydrogen (secondary N) is 5. The van der Waals surface area contributed by atoms with E-state index in [4.69, 9.17) is 5.11 Å². The molecule has 1 fully saturated rings. The number of aliphatic carboxylic acids is 6. The van der Waals surface area contributed by atoms with Gasteiger partial charge in [0.15, 0.2) is 0 Å². The Labute approximate surface area is 396 Å². The Bertz CT molecular complexity index is 2060. The zero-order valence-corrected chi connectivity index (χ0v) is 38.0. The lowest BCUT2D eigenvalue weighted by molar-refractivity contribution is -0.141. The lowest BCUT2D eigenvalue weighted by Gasteiger charge is -2.32. The molecule has 25 nitrogen and oxygen atoms in total. The van der Waals surface area contributed by atoms with Crippen molar-refractivity contribution in [1.29, 1.82) is 0 Å². The van der Waals surface area contributed by atoms with Gasteiger partial charge in [-0.15, -0.1) is 0 Å². The van der Waals surface area contributed by atoms with Crippen LogP contribution in [0.25, 0.3) is 0 Å². The lowest BCUT2D eigenvalue weighted by Crippen LogP contribution is -2.51. The Balaban J connectivity index is 1.43. The van der Waals surface area contributed by atoms with Gasteiger partial charge in [-0.3, -0.25) is 53.2 Å². The molecule has 5 amide bonds. The van der Waals surface area contributed by atoms with Crippen LogP contribution < -0.4 is 26.6 Å². The summed E-state index contributed by atoms with van der Waals surface area (Å²) in [4.78, 5) is 126. The molecule has 69 heavy (non-hydrogen) atoms. The molecule has 0 aliphatic carbocycles. The van der Waals surface area contributed by atoms with Crippen LogP contribution in [0.4, 0.5) is 4.79 Å². The highest BCUT2D eigenvalue weighted by Gasteiger charge is 2.25. The van der Waals surface area contributed by atoms with Gasteiger partial charge in [-0.25, -0.2) is 14.4 Å². The Morgan fingerprint density at radius 3 is 1.22 bits per heavy atom. The average Bonchev–Trinajstić information content (AvgIpc) is 3.28. The summed E-state index contributed by atoms with van der Waals surface area (Å²) < 4.78 is 0. The summed E-state index contributed by atoms with van der Waals surface area (Å²) in [7, 11) is 0. The number of nitrogens with zero attached hydrogens (tertiary/aromatic N) is 4. The van der Waals surface area contributed by atoms with Gasteiger partial charge in [0, 0.05) is 89.5 Å². The van der Waals surface area contributed by atoms with E-state index < -0.39 is 72.7 Å². The van der Waals surface area contributed by atoms with Crippen LogP contribution >= 0.6 is 0 Å². The summed E-state index contributed by atoms with van der Waals surface area (Å²) in [5, 5.41) is 68.3. The van der Waals surface area contributed by atoms with E-state index in [9.17, 15) is 73.5 Å². The lowest BCUT2D eigenvalue weighted by atomic mass is 10.1. The maximum atomic E-state index is 13.1. The monoisotopic (exact) mass is 971 g/mol. The Morgan fingerprint density at radius 1 is 0.449 bits per heavy atom. The smallest absolute Gasteiger partial charge is 0.326 e. The quantitative estimate of drug-likeness (QED) is 0.0487. The van der Waals surface area contributed by atoms with E-state index >= 15 is 0 Å². The standard InChI is InChI=1S/C44H61N9O16/c54-35(25-50-15-17-51(26-37(57)58)19-21-53(28-39(61)62)22-20-52(18-16-50)27-38(59)60)46-23-29-4-10-32(11-5-29)41(64)47-24-30-6-8-31(9-7-30)40(63)45-14-2-1-3-33(42(65)66)48-44(69)49-34(43(67)68)12-13-36(55)56/h4-11,33-34H,1-3,12-28H2,(H,45,63)(H,46,54)(H,47,64)(H,55,56)(H,57,58)(H,59,60)(H,61,62)(H,65,66)(H,67,68)(H2,48,49,69)/t33-,34-/m0/s1. The molecule has 3 rings (SSSR count). The number of rotatable bonds is 26. The van der Waals surface area contributed by atoms with Crippen molar-refractivity contribution < 1.29 is 78.6 Å². The van der Waals surface area contributed by atoms with Crippen molar-refractivity contribution in [2.45, 2.75) is 57.3 Å². The molecule has 2 aromatic carbocycles. The van der Waals surface area contributed by atoms with Crippen LogP contribution in [0, 0.1) is 0 Å². The van der Waals surface area contributed by atoms with Crippen LogP contribution in [0.15, 0.2) is 48.5 Å². The molecule has 2 atom stereocenters. The molecule has 0 saturated carbocycles. The first kappa shape index (κ1) is 56.1. The molecule has 2 aromatic rings. The second-order valence-electron chi connectivity index (χ2n) is 16.2. The second kappa shape index (κ2) is 29.5. The summed E-state index contributed by atoms with van der Waals surface area (Å²) in [6.07, 6.45) is -0.318. The summed E-state index contributed by atoms with van der Waals surface area (Å²) in [5.74, 6) is -8.35. The van der Waals surface area contributed by atoms with Gasteiger partial charge in [0.25, 0.3) is 11.8 Å². The van der Waals surface area contributed by atoms with Crippen LogP contribution in [-0.4, -0.2) is 207 Å². The van der Waals surface area contributed by atoms with E-state index in [-0.39, 0.29) is 110 Å². The fourth-order valence-electron chi connectivity index (χ4n) is 7.00. The second-order valence-corrected chi connectivity index (χ2v) is 16.2. The Kier molecular flexibility index (Phi) is 24.0. The summed E-state index contributed by atoms with van der Waals surface area (Å²) in [6.45, 7) is 1.71. The van der Waals surface area contributed by atoms with Crippen molar-refractivity contribution in [2.75, 3.05) is 85.1 Å². The third kappa shape index (κ3) is 22.9. The molecule has 0 radical (unpaired) electrons. The number of hydrogen-bond donors (Lipinski definition) is 11. The van der Waals surface area contributed by atoms with Gasteiger partial charge in [0.05, 0.1) is 26.2 Å². The SMILES string of the molecule is O=C(O)CC[C@H](NC(=O)N[C@@H](CCCCNC(=O)c1ccc(CNC(=O)c2ccc(CNC(=O)CN3CCN(CC(=O)O)CCN(CC(=O)O)CCN(CC(=O)O)CC3)cc2)cc1)C(=O)O)C(=O)O. The third-order valence-electron chi connectivity index (χ3n) is 10.8. The maximum absolute atomic E-state index is 13.1. The van der Waals surface area contributed by atoms with Gasteiger partial charge in [-0.1, -0.05) is 24.3 Å². The van der Waals surface area contributed by atoms with Crippen molar-refractivity contribution in [3.63, 3.8) is 0 Å². The Morgan fingerprint density at radius 2 is 0.826 bits per heavy atom. The minimum atomic E-state index is -1.53. The molecular formula is C44H61N9O16. The first-order chi connectivity index (χ1) is 32.8. The summed E-state index contributed by atoms with van der Waals surface area (Å²) >= 11 is 0. The molecule has 1 saturated heterocycles. The number of carbonyl (C=O) groups excluding carboxylic acids is 4. The zero-order valence-electron chi connectivity index (χ0n) is 38.0. The van der Waals surface area contributed by atoms with Crippen molar-refractivity contribution in [2.24, 2.45) is 0 Å². The summed E-state index contributed by atoms with van der Waals surface area (Å²) in [6, 6.07) is 9.09. The zero-order chi connectivity index (χ0) is 50.9. The molecule has 0 aromatic heterocycles. The predicted octanol–water partition coefficient (Wildman–Crippen LogP) is -1.32. The van der Waals surface area contributed by atoms with Crippen molar-refractivity contribution in [1.82, 2.24) is 46.2 Å². The van der Waals surface area contributed by atoms with Crippen molar-refractivity contribution in [3.05, 3.63) is 70.8 Å². The van der Waals surface area contributed by atoms with Gasteiger partial charge in [-0.2, -0.15) is 0 Å². The molecule has 0 spiro atoms.